The first kappa shape index (κ1) is 34.1. The first-order valence-electron chi connectivity index (χ1n) is 16.5. The Morgan fingerprint density at radius 3 is 1.86 bits per heavy atom. The number of halogens is 2. The van der Waals surface area contributed by atoms with Gasteiger partial charge in [0.25, 0.3) is 0 Å². The smallest absolute Gasteiger partial charge is 0.126 e. The summed E-state index contributed by atoms with van der Waals surface area (Å²) in [4.78, 5) is 2.61. The molecule has 1 fully saturated rings. The van der Waals surface area contributed by atoms with E-state index in [4.69, 9.17) is 4.74 Å². The van der Waals surface area contributed by atoms with Crippen molar-refractivity contribution in [1.82, 2.24) is 10.2 Å². The highest BCUT2D eigenvalue weighted by molar-refractivity contribution is 5.51. The van der Waals surface area contributed by atoms with Crippen LogP contribution in [-0.4, -0.2) is 38.2 Å². The average Bonchev–Trinajstić information content (AvgIpc) is 3.41. The second-order valence-electron chi connectivity index (χ2n) is 14.8. The van der Waals surface area contributed by atoms with E-state index in [9.17, 15) is 8.78 Å². The number of methoxy groups -OCH3 is 1. The Labute approximate surface area is 265 Å². The fourth-order valence-corrected chi connectivity index (χ4v) is 6.59. The van der Waals surface area contributed by atoms with Crippen molar-refractivity contribution in [2.75, 3.05) is 33.3 Å². The summed E-state index contributed by atoms with van der Waals surface area (Å²) in [5, 5.41) is 3.72. The third kappa shape index (κ3) is 9.37. The molecule has 0 spiro atoms. The second-order valence-corrected chi connectivity index (χ2v) is 14.8. The van der Waals surface area contributed by atoms with Crippen LogP contribution in [0.2, 0.25) is 0 Å². The molecule has 44 heavy (non-hydrogen) atoms. The van der Waals surface area contributed by atoms with Gasteiger partial charge in [0.15, 0.2) is 0 Å². The molecule has 3 nitrogen and oxygen atoms in total. The normalized spacial score (nSPS) is 16.2. The van der Waals surface area contributed by atoms with Crippen molar-refractivity contribution in [3.05, 3.63) is 100 Å². The lowest BCUT2D eigenvalue weighted by atomic mass is 9.78. The number of unbranched alkanes of at least 4 members (excludes halogenated alkanes) is 2. The molecule has 3 aromatic rings. The van der Waals surface area contributed by atoms with Crippen LogP contribution in [-0.2, 0) is 17.4 Å². The number of ether oxygens (including phenoxy) is 1. The van der Waals surface area contributed by atoms with Gasteiger partial charge in [0.1, 0.15) is 17.4 Å². The predicted octanol–water partition coefficient (Wildman–Crippen LogP) is 9.37. The largest absolute Gasteiger partial charge is 0.496 e. The fraction of sp³-hybridized carbons (Fsp3) is 0.538. The molecule has 0 unspecified atom stereocenters. The van der Waals surface area contributed by atoms with Crippen molar-refractivity contribution >= 4 is 0 Å². The Morgan fingerprint density at radius 1 is 0.818 bits per heavy atom. The summed E-state index contributed by atoms with van der Waals surface area (Å²) in [6.07, 6.45) is 5.54. The molecular weight excluding hydrogens is 550 g/mol. The van der Waals surface area contributed by atoms with Gasteiger partial charge in [-0.2, -0.15) is 0 Å². The van der Waals surface area contributed by atoms with Crippen LogP contribution in [0.4, 0.5) is 8.78 Å². The lowest BCUT2D eigenvalue weighted by molar-refractivity contribution is 0.312. The summed E-state index contributed by atoms with van der Waals surface area (Å²) in [5.41, 5.74) is 6.17. The monoisotopic (exact) mass is 604 g/mol. The quantitative estimate of drug-likeness (QED) is 0.197. The van der Waals surface area contributed by atoms with E-state index in [1.165, 1.54) is 47.4 Å². The van der Waals surface area contributed by atoms with Crippen LogP contribution in [0, 0.1) is 17.6 Å². The van der Waals surface area contributed by atoms with E-state index >= 15 is 0 Å². The van der Waals surface area contributed by atoms with Crippen LogP contribution >= 0.6 is 0 Å². The van der Waals surface area contributed by atoms with Crippen LogP contribution < -0.4 is 10.1 Å². The first-order chi connectivity index (χ1) is 20.8. The summed E-state index contributed by atoms with van der Waals surface area (Å²) < 4.78 is 33.0. The lowest BCUT2D eigenvalue weighted by Crippen LogP contribution is -2.27. The Bertz CT molecular complexity index is 1240. The second kappa shape index (κ2) is 15.0. The van der Waals surface area contributed by atoms with Crippen LogP contribution in [0.5, 0.6) is 5.75 Å². The van der Waals surface area contributed by atoms with Crippen molar-refractivity contribution in [3.63, 3.8) is 0 Å². The molecule has 0 aromatic heterocycles. The Kier molecular flexibility index (Phi) is 11.6. The Balaban J connectivity index is 1.22. The number of nitrogens with zero attached hydrogens (tertiary/aromatic N) is 1. The topological polar surface area (TPSA) is 24.5 Å². The maximum Gasteiger partial charge on any atom is 0.126 e. The van der Waals surface area contributed by atoms with E-state index in [1.54, 1.807) is 7.11 Å². The number of rotatable bonds is 13. The Morgan fingerprint density at radius 2 is 1.36 bits per heavy atom. The third-order valence-electron chi connectivity index (χ3n) is 9.07. The molecule has 0 amide bonds. The highest BCUT2D eigenvalue weighted by Gasteiger charge is 2.29. The molecule has 5 heteroatoms. The van der Waals surface area contributed by atoms with Gasteiger partial charge in [-0.1, -0.05) is 90.8 Å². The number of hydrogen-bond acceptors (Lipinski definition) is 3. The van der Waals surface area contributed by atoms with Gasteiger partial charge >= 0.3 is 0 Å². The number of hydrogen-bond donors (Lipinski definition) is 1. The average molecular weight is 605 g/mol. The van der Waals surface area contributed by atoms with E-state index in [0.717, 1.165) is 75.3 Å². The van der Waals surface area contributed by atoms with Gasteiger partial charge in [-0.3, -0.25) is 4.90 Å². The molecule has 0 radical (unpaired) electrons. The minimum atomic E-state index is -0.229. The van der Waals surface area contributed by atoms with Crippen molar-refractivity contribution in [2.45, 2.75) is 96.9 Å². The molecule has 0 saturated carbocycles. The van der Waals surface area contributed by atoms with E-state index in [0.29, 0.717) is 5.92 Å². The number of likely N-dealkylation sites (tertiary alicyclic amines) is 1. The standard InChI is InChI=1S/C39H54F2N2O/c1-38(2,3)35-23-29(24-36(37(35)44-7)39(4,5)6)27-43-22-20-28(26-43)25-42-21-10-8-9-11-34(30-12-16-32(40)17-13-30)31-14-18-33(41)19-15-31/h12-19,23-24,28,34,42H,8-11,20-22,25-27H2,1-7H3/t28-/m1/s1. The maximum atomic E-state index is 13.5. The van der Waals surface area contributed by atoms with Crippen molar-refractivity contribution in [3.8, 4) is 5.75 Å². The van der Waals surface area contributed by atoms with E-state index < -0.39 is 0 Å². The zero-order chi connectivity index (χ0) is 31.9. The molecular formula is C39H54F2N2O. The summed E-state index contributed by atoms with van der Waals surface area (Å²) in [7, 11) is 1.80. The van der Waals surface area contributed by atoms with Gasteiger partial charge < -0.3 is 10.1 Å². The van der Waals surface area contributed by atoms with Crippen LogP contribution in [0.25, 0.3) is 0 Å². The number of nitrogens with one attached hydrogen (secondary N) is 1. The molecule has 4 rings (SSSR count). The van der Waals surface area contributed by atoms with Gasteiger partial charge in [-0.05, 0) is 96.6 Å². The van der Waals surface area contributed by atoms with Gasteiger partial charge in [0, 0.05) is 30.1 Å². The molecule has 0 bridgehead atoms. The van der Waals surface area contributed by atoms with Crippen molar-refractivity contribution in [1.29, 1.82) is 0 Å². The first-order valence-corrected chi connectivity index (χ1v) is 16.5. The fourth-order valence-electron chi connectivity index (χ4n) is 6.59. The Hall–Kier alpha value is -2.76. The van der Waals surface area contributed by atoms with Crippen LogP contribution in [0.1, 0.15) is 107 Å². The summed E-state index contributed by atoms with van der Waals surface area (Å²) in [6.45, 7) is 19.0. The molecule has 1 atom stereocenters. The number of benzene rings is 3. The summed E-state index contributed by atoms with van der Waals surface area (Å²) >= 11 is 0. The molecule has 1 heterocycles. The molecule has 1 aliphatic rings. The lowest BCUT2D eigenvalue weighted by Gasteiger charge is -2.30. The van der Waals surface area contributed by atoms with Crippen molar-refractivity contribution < 1.29 is 13.5 Å². The molecule has 240 valence electrons. The molecule has 3 aromatic carbocycles. The van der Waals surface area contributed by atoms with Crippen LogP contribution in [0.3, 0.4) is 0 Å². The highest BCUT2D eigenvalue weighted by Crippen LogP contribution is 2.41. The van der Waals surface area contributed by atoms with E-state index in [2.05, 4.69) is 63.9 Å². The zero-order valence-corrected chi connectivity index (χ0v) is 28.1. The summed E-state index contributed by atoms with van der Waals surface area (Å²) in [6, 6.07) is 18.2. The molecule has 1 aliphatic heterocycles. The van der Waals surface area contributed by atoms with Gasteiger partial charge in [-0.25, -0.2) is 8.78 Å². The van der Waals surface area contributed by atoms with E-state index in [1.807, 2.05) is 24.3 Å². The highest BCUT2D eigenvalue weighted by atomic mass is 19.1. The van der Waals surface area contributed by atoms with Gasteiger partial charge in [-0.15, -0.1) is 0 Å². The third-order valence-corrected chi connectivity index (χ3v) is 9.07. The van der Waals surface area contributed by atoms with E-state index in [-0.39, 0.29) is 28.4 Å². The van der Waals surface area contributed by atoms with Gasteiger partial charge in [0.2, 0.25) is 0 Å². The molecule has 1 N–H and O–H groups in total. The molecule has 0 aliphatic carbocycles. The van der Waals surface area contributed by atoms with Crippen molar-refractivity contribution in [2.24, 2.45) is 5.92 Å². The summed E-state index contributed by atoms with van der Waals surface area (Å²) in [5.74, 6) is 1.41. The predicted molar refractivity (Wildman–Crippen MR) is 180 cm³/mol. The minimum Gasteiger partial charge on any atom is -0.496 e. The minimum absolute atomic E-state index is 0.0155. The van der Waals surface area contributed by atoms with Crippen LogP contribution in [0.15, 0.2) is 60.7 Å². The zero-order valence-electron chi connectivity index (χ0n) is 28.1. The SMILES string of the molecule is COc1c(C(C)(C)C)cc(CN2CC[C@H](CNCCCCCC(c3ccc(F)cc3)c3ccc(F)cc3)C2)cc1C(C)(C)C. The maximum absolute atomic E-state index is 13.5. The molecule has 1 saturated heterocycles. The van der Waals surface area contributed by atoms with Gasteiger partial charge in [0.05, 0.1) is 7.11 Å².